The molecule has 0 aromatic heterocycles. The van der Waals surface area contributed by atoms with Crippen LogP contribution in [0.5, 0.6) is 28.7 Å². The third kappa shape index (κ3) is 2.59. The van der Waals surface area contributed by atoms with E-state index in [0.29, 0.717) is 41.2 Å². The second-order valence-electron chi connectivity index (χ2n) is 7.24. The van der Waals surface area contributed by atoms with Crippen LogP contribution in [0.3, 0.4) is 0 Å². The zero-order valence-electron chi connectivity index (χ0n) is 16.7. The number of carbonyl (C=O) groups excluding carboxylic acids is 1. The lowest BCUT2D eigenvalue weighted by Crippen LogP contribution is -2.49. The molecule has 0 saturated heterocycles. The number of methoxy groups -OCH3 is 3. The van der Waals surface area contributed by atoms with Gasteiger partial charge in [0.15, 0.2) is 29.1 Å². The monoisotopic (exact) mass is 401 g/mol. The highest BCUT2D eigenvalue weighted by molar-refractivity contribution is 5.98. The molecule has 0 fully saturated rings. The number of ether oxygens (including phenoxy) is 4. The maximum Gasteiger partial charge on any atom is 0.343 e. The molecule has 2 aromatic rings. The van der Waals surface area contributed by atoms with Crippen LogP contribution in [0.4, 0.5) is 0 Å². The lowest BCUT2D eigenvalue weighted by atomic mass is 9.76. The fourth-order valence-electron chi connectivity index (χ4n) is 4.45. The maximum atomic E-state index is 12.8. The molecule has 2 unspecified atom stereocenters. The molecule has 2 aromatic carbocycles. The van der Waals surface area contributed by atoms with Crippen LogP contribution in [0.25, 0.3) is 0 Å². The van der Waals surface area contributed by atoms with Crippen LogP contribution < -0.4 is 19.5 Å². The number of phenols is 2. The van der Waals surface area contributed by atoms with Gasteiger partial charge in [-0.15, -0.1) is 0 Å². The van der Waals surface area contributed by atoms with Gasteiger partial charge >= 0.3 is 5.97 Å². The number of aromatic hydroxyl groups is 2. The number of hydrogen-bond donors (Lipinski definition) is 3. The van der Waals surface area contributed by atoms with Crippen molar-refractivity contribution in [2.24, 2.45) is 0 Å². The van der Waals surface area contributed by atoms with Gasteiger partial charge < -0.3 is 34.5 Å². The minimum Gasteiger partial charge on any atom is -0.504 e. The van der Waals surface area contributed by atoms with Crippen molar-refractivity contribution < 1.29 is 34.0 Å². The molecule has 4 rings (SSSR count). The van der Waals surface area contributed by atoms with E-state index in [1.54, 1.807) is 12.1 Å². The minimum absolute atomic E-state index is 0.152. The van der Waals surface area contributed by atoms with Crippen molar-refractivity contribution in [3.8, 4) is 28.7 Å². The average molecular weight is 401 g/mol. The average Bonchev–Trinajstić information content (AvgIpc) is 3.06. The normalized spacial score (nSPS) is 22.5. The van der Waals surface area contributed by atoms with Gasteiger partial charge in [0.2, 0.25) is 5.75 Å². The Kier molecular flexibility index (Phi) is 4.46. The standard InChI is InChI=1S/C21H23NO7/c1-21(15-10(7-8-22-21)9-12(23)16(24)18(15)28-4)19-11-5-6-13(26-2)17(27-3)14(11)20(25)29-19/h5-6,9,19,22-24H,7-8H2,1-4H3. The van der Waals surface area contributed by atoms with Gasteiger partial charge in [-0.25, -0.2) is 4.79 Å². The van der Waals surface area contributed by atoms with Crippen LogP contribution in [0.15, 0.2) is 18.2 Å². The summed E-state index contributed by atoms with van der Waals surface area (Å²) < 4.78 is 22.0. The van der Waals surface area contributed by atoms with Crippen LogP contribution >= 0.6 is 0 Å². The smallest absolute Gasteiger partial charge is 0.343 e. The molecule has 0 saturated carbocycles. The first-order chi connectivity index (χ1) is 13.9. The van der Waals surface area contributed by atoms with Gasteiger partial charge in [0.1, 0.15) is 5.56 Å². The molecule has 2 aliphatic heterocycles. The molecule has 8 heteroatoms. The molecule has 8 nitrogen and oxygen atoms in total. The van der Waals surface area contributed by atoms with Gasteiger partial charge in [0.05, 0.1) is 26.9 Å². The van der Waals surface area contributed by atoms with Gasteiger partial charge in [-0.3, -0.25) is 0 Å². The summed E-state index contributed by atoms with van der Waals surface area (Å²) in [7, 11) is 4.40. The van der Waals surface area contributed by atoms with E-state index in [1.165, 1.54) is 27.4 Å². The molecule has 3 N–H and O–H groups in total. The van der Waals surface area contributed by atoms with Crippen molar-refractivity contribution in [2.75, 3.05) is 27.9 Å². The zero-order valence-corrected chi connectivity index (χ0v) is 16.7. The summed E-state index contributed by atoms with van der Waals surface area (Å²) in [5.74, 6) is -0.209. The van der Waals surface area contributed by atoms with Crippen molar-refractivity contribution in [2.45, 2.75) is 25.0 Å². The van der Waals surface area contributed by atoms with E-state index < -0.39 is 17.6 Å². The number of phenolic OH excluding ortho intramolecular Hbond substituents is 2. The molecule has 29 heavy (non-hydrogen) atoms. The van der Waals surface area contributed by atoms with Crippen LogP contribution in [0.1, 0.15) is 40.1 Å². The molecule has 0 bridgehead atoms. The lowest BCUT2D eigenvalue weighted by molar-refractivity contribution is 0.00848. The van der Waals surface area contributed by atoms with E-state index in [-0.39, 0.29) is 17.2 Å². The highest BCUT2D eigenvalue weighted by atomic mass is 16.6. The first kappa shape index (κ1) is 19.2. The molecule has 0 spiro atoms. The van der Waals surface area contributed by atoms with E-state index in [0.717, 1.165) is 5.56 Å². The Morgan fingerprint density at radius 3 is 2.52 bits per heavy atom. The van der Waals surface area contributed by atoms with Crippen LogP contribution in [-0.2, 0) is 16.7 Å². The minimum atomic E-state index is -0.912. The number of nitrogens with one attached hydrogen (secondary N) is 1. The first-order valence-corrected chi connectivity index (χ1v) is 9.20. The zero-order chi connectivity index (χ0) is 20.9. The summed E-state index contributed by atoms with van der Waals surface area (Å²) in [6.07, 6.45) is -0.0871. The Bertz CT molecular complexity index is 1000. The van der Waals surface area contributed by atoms with Crippen LogP contribution in [0.2, 0.25) is 0 Å². The van der Waals surface area contributed by atoms with Gasteiger partial charge in [-0.05, 0) is 31.0 Å². The summed E-state index contributed by atoms with van der Waals surface area (Å²) in [5, 5.41) is 23.9. The van der Waals surface area contributed by atoms with E-state index in [2.05, 4.69) is 5.32 Å². The molecule has 0 radical (unpaired) electrons. The molecule has 154 valence electrons. The lowest BCUT2D eigenvalue weighted by Gasteiger charge is -2.41. The fraction of sp³-hybridized carbons (Fsp3) is 0.381. The predicted octanol–water partition coefficient (Wildman–Crippen LogP) is 2.40. The quantitative estimate of drug-likeness (QED) is 0.530. The van der Waals surface area contributed by atoms with Crippen molar-refractivity contribution >= 4 is 5.97 Å². The maximum absolute atomic E-state index is 12.8. The van der Waals surface area contributed by atoms with Crippen molar-refractivity contribution in [3.63, 3.8) is 0 Å². The first-order valence-electron chi connectivity index (χ1n) is 9.20. The molecule has 0 amide bonds. The van der Waals surface area contributed by atoms with Crippen LogP contribution in [0, 0.1) is 0 Å². The topological polar surface area (TPSA) is 106 Å². The van der Waals surface area contributed by atoms with E-state index >= 15 is 0 Å². The number of esters is 1. The summed E-state index contributed by atoms with van der Waals surface area (Å²) in [6, 6.07) is 5.03. The highest BCUT2D eigenvalue weighted by Crippen LogP contribution is 2.54. The van der Waals surface area contributed by atoms with Crippen molar-refractivity contribution in [3.05, 3.63) is 40.5 Å². The Balaban J connectivity index is 1.94. The van der Waals surface area contributed by atoms with Crippen LogP contribution in [-0.4, -0.2) is 44.1 Å². The molecule has 2 atom stereocenters. The van der Waals surface area contributed by atoms with Crippen molar-refractivity contribution in [1.29, 1.82) is 0 Å². The van der Waals surface area contributed by atoms with Crippen molar-refractivity contribution in [1.82, 2.24) is 5.32 Å². The predicted molar refractivity (Wildman–Crippen MR) is 103 cm³/mol. The number of hydrogen-bond acceptors (Lipinski definition) is 8. The Morgan fingerprint density at radius 2 is 1.86 bits per heavy atom. The third-order valence-electron chi connectivity index (χ3n) is 5.74. The summed E-state index contributed by atoms with van der Waals surface area (Å²) in [4.78, 5) is 12.8. The van der Waals surface area contributed by atoms with E-state index in [1.807, 2.05) is 6.92 Å². The molecular formula is C21H23NO7. The van der Waals surface area contributed by atoms with Gasteiger partial charge in [0, 0.05) is 17.7 Å². The number of fused-ring (bicyclic) bond motifs is 2. The molecule has 2 heterocycles. The largest absolute Gasteiger partial charge is 0.504 e. The molecule has 0 aliphatic carbocycles. The number of cyclic esters (lactones) is 1. The second kappa shape index (κ2) is 6.73. The van der Waals surface area contributed by atoms with E-state index in [9.17, 15) is 15.0 Å². The Morgan fingerprint density at radius 1 is 1.14 bits per heavy atom. The number of benzene rings is 2. The SMILES string of the molecule is COc1ccc2c(c1OC)C(=O)OC2C1(C)NCCc2cc(O)c(O)c(OC)c21. The van der Waals surface area contributed by atoms with E-state index in [4.69, 9.17) is 18.9 Å². The number of carbonyl (C=O) groups is 1. The Hall–Kier alpha value is -3.13. The second-order valence-corrected chi connectivity index (χ2v) is 7.24. The Labute approximate surface area is 168 Å². The molecule has 2 aliphatic rings. The van der Waals surface area contributed by atoms with Gasteiger partial charge in [0.25, 0.3) is 0 Å². The highest BCUT2D eigenvalue weighted by Gasteiger charge is 2.51. The summed E-state index contributed by atoms with van der Waals surface area (Å²) in [6.45, 7) is 2.47. The van der Waals surface area contributed by atoms with Gasteiger partial charge in [-0.1, -0.05) is 6.07 Å². The number of rotatable bonds is 4. The summed E-state index contributed by atoms with van der Waals surface area (Å²) in [5.41, 5.74) is 1.49. The molecular weight excluding hydrogens is 378 g/mol. The third-order valence-corrected chi connectivity index (χ3v) is 5.74. The summed E-state index contributed by atoms with van der Waals surface area (Å²) >= 11 is 0. The fourth-order valence-corrected chi connectivity index (χ4v) is 4.45. The van der Waals surface area contributed by atoms with Gasteiger partial charge in [-0.2, -0.15) is 0 Å².